The predicted octanol–water partition coefficient (Wildman–Crippen LogP) is 5.92. The molecule has 1 heterocycles. The molecule has 0 saturated heterocycles. The molecule has 1 aliphatic rings. The number of rotatable bonds is 6. The van der Waals surface area contributed by atoms with Gasteiger partial charge in [0, 0.05) is 33.6 Å². The number of carbonyl (C=O) groups is 1. The lowest BCUT2D eigenvalue weighted by Gasteiger charge is -2.11. The van der Waals surface area contributed by atoms with Gasteiger partial charge < -0.3 is 5.32 Å². The van der Waals surface area contributed by atoms with Crippen LogP contribution in [0, 0.1) is 0 Å². The van der Waals surface area contributed by atoms with Gasteiger partial charge in [0.1, 0.15) is 0 Å². The molecule has 1 amide bonds. The molecule has 28 heavy (non-hydrogen) atoms. The Hall–Kier alpha value is -2.39. The standard InChI is InChI=1S/C22H21Cl2N3O/c1-2-3-4-7-12-25-14-20-22(28)27-19-11-10-15(23)13-17(19)21(26-20)16-8-5-6-9-18(16)24/h5-6,8-11,13H,2-4,7,12H2,1H3,(H,27,28). The van der Waals surface area contributed by atoms with Gasteiger partial charge in [-0.15, -0.1) is 0 Å². The summed E-state index contributed by atoms with van der Waals surface area (Å²) < 4.78 is 0. The molecule has 0 bridgehead atoms. The van der Waals surface area contributed by atoms with Crippen LogP contribution in [-0.4, -0.2) is 24.0 Å². The maximum absolute atomic E-state index is 12.6. The lowest BCUT2D eigenvalue weighted by atomic mass is 10.0. The van der Waals surface area contributed by atoms with E-state index in [2.05, 4.69) is 28.1 Å². The van der Waals surface area contributed by atoms with Crippen molar-refractivity contribution in [2.75, 3.05) is 11.9 Å². The number of anilines is 1. The number of carbonyl (C=O) groups excluding carboxylic acids is 1. The van der Waals surface area contributed by atoms with Gasteiger partial charge in [0.2, 0.25) is 0 Å². The van der Waals surface area contributed by atoms with Crippen molar-refractivity contribution in [1.29, 1.82) is 0 Å². The molecule has 0 aliphatic carbocycles. The number of benzene rings is 2. The van der Waals surface area contributed by atoms with Crippen LogP contribution in [0.25, 0.3) is 0 Å². The van der Waals surface area contributed by atoms with Crippen molar-refractivity contribution in [3.8, 4) is 0 Å². The van der Waals surface area contributed by atoms with Crippen molar-refractivity contribution < 1.29 is 4.79 Å². The van der Waals surface area contributed by atoms with E-state index in [1.165, 1.54) is 12.8 Å². The Balaban J connectivity index is 2.05. The molecule has 2 aromatic rings. The molecule has 6 heteroatoms. The summed E-state index contributed by atoms with van der Waals surface area (Å²) in [6.07, 6.45) is 4.42. The van der Waals surface area contributed by atoms with Crippen molar-refractivity contribution in [2.24, 2.45) is 9.98 Å². The summed E-state index contributed by atoms with van der Waals surface area (Å²) in [5, 5.41) is 3.95. The molecule has 0 unspecified atom stereocenters. The topological polar surface area (TPSA) is 53.8 Å². The fourth-order valence-corrected chi connectivity index (χ4v) is 3.31. The van der Waals surface area contributed by atoms with Crippen LogP contribution in [0.2, 0.25) is 10.0 Å². The van der Waals surface area contributed by atoms with Gasteiger partial charge in [0.05, 0.1) is 11.4 Å². The molecule has 0 radical (unpaired) electrons. The van der Waals surface area contributed by atoms with Crippen molar-refractivity contribution in [3.63, 3.8) is 0 Å². The molecule has 144 valence electrons. The number of aliphatic imine (C=N–C) groups is 2. The van der Waals surface area contributed by atoms with Crippen LogP contribution in [0.3, 0.4) is 0 Å². The summed E-state index contributed by atoms with van der Waals surface area (Å²) >= 11 is 12.6. The highest BCUT2D eigenvalue weighted by Crippen LogP contribution is 2.30. The maximum Gasteiger partial charge on any atom is 0.283 e. The number of nitrogens with zero attached hydrogens (tertiary/aromatic N) is 2. The zero-order valence-electron chi connectivity index (χ0n) is 15.6. The second-order valence-electron chi connectivity index (χ2n) is 6.49. The third kappa shape index (κ3) is 4.90. The van der Waals surface area contributed by atoms with Gasteiger partial charge in [-0.2, -0.15) is 0 Å². The Bertz CT molecular complexity index is 975. The fourth-order valence-electron chi connectivity index (χ4n) is 2.91. The average Bonchev–Trinajstić information content (AvgIpc) is 2.81. The van der Waals surface area contributed by atoms with Gasteiger partial charge in [-0.1, -0.05) is 67.6 Å². The van der Waals surface area contributed by atoms with Crippen molar-refractivity contribution in [1.82, 2.24) is 0 Å². The summed E-state index contributed by atoms with van der Waals surface area (Å²) in [6, 6.07) is 12.6. The highest BCUT2D eigenvalue weighted by molar-refractivity contribution is 6.37. The normalized spacial score (nSPS) is 13.2. The Morgan fingerprint density at radius 3 is 2.68 bits per heavy atom. The van der Waals surface area contributed by atoms with Crippen LogP contribution in [0.1, 0.15) is 43.7 Å². The smallest absolute Gasteiger partial charge is 0.283 e. The monoisotopic (exact) mass is 413 g/mol. The molecular formula is C22H21Cl2N3O. The minimum Gasteiger partial charge on any atom is -0.319 e. The van der Waals surface area contributed by atoms with E-state index in [0.717, 1.165) is 12.8 Å². The SMILES string of the molecule is CCCCCCN=C=C1N=C(c2ccccc2Cl)c2cc(Cl)ccc2NC1=O. The Kier molecular flexibility index (Phi) is 7.05. The third-order valence-electron chi connectivity index (χ3n) is 4.36. The molecular weight excluding hydrogens is 393 g/mol. The van der Waals surface area contributed by atoms with Gasteiger partial charge in [-0.05, 0) is 30.7 Å². The lowest BCUT2D eigenvalue weighted by molar-refractivity contribution is -0.112. The molecule has 0 spiro atoms. The number of hydrogen-bond acceptors (Lipinski definition) is 3. The zero-order chi connectivity index (χ0) is 19.9. The second-order valence-corrected chi connectivity index (χ2v) is 7.33. The number of fused-ring (bicyclic) bond motifs is 1. The minimum atomic E-state index is -0.358. The molecule has 4 nitrogen and oxygen atoms in total. The van der Waals surface area contributed by atoms with Crippen LogP contribution >= 0.6 is 23.2 Å². The van der Waals surface area contributed by atoms with Gasteiger partial charge in [0.15, 0.2) is 5.70 Å². The highest BCUT2D eigenvalue weighted by Gasteiger charge is 2.23. The first-order valence-corrected chi connectivity index (χ1v) is 10.1. The predicted molar refractivity (Wildman–Crippen MR) is 117 cm³/mol. The maximum atomic E-state index is 12.6. The van der Waals surface area contributed by atoms with Crippen LogP contribution in [-0.2, 0) is 4.79 Å². The van der Waals surface area contributed by atoms with Gasteiger partial charge >= 0.3 is 0 Å². The number of nitrogens with one attached hydrogen (secondary N) is 1. The van der Waals surface area contributed by atoms with Gasteiger partial charge in [0.25, 0.3) is 5.91 Å². The van der Waals surface area contributed by atoms with Crippen LogP contribution in [0.4, 0.5) is 5.69 Å². The van der Waals surface area contributed by atoms with E-state index in [1.807, 2.05) is 18.2 Å². The van der Waals surface area contributed by atoms with E-state index in [1.54, 1.807) is 24.3 Å². The summed E-state index contributed by atoms with van der Waals surface area (Å²) in [4.78, 5) is 21.5. The van der Waals surface area contributed by atoms with Crippen LogP contribution in [0.5, 0.6) is 0 Å². The average molecular weight is 414 g/mol. The molecule has 0 atom stereocenters. The summed E-state index contributed by atoms with van der Waals surface area (Å²) in [5.41, 5.74) is 2.72. The van der Waals surface area contributed by atoms with E-state index in [-0.39, 0.29) is 11.6 Å². The van der Waals surface area contributed by atoms with E-state index in [4.69, 9.17) is 23.2 Å². The Morgan fingerprint density at radius 2 is 1.89 bits per heavy atom. The number of benzodiazepines with no additional fused rings is 1. The minimum absolute atomic E-state index is 0.123. The largest absolute Gasteiger partial charge is 0.319 e. The molecule has 2 aromatic carbocycles. The van der Waals surface area contributed by atoms with E-state index < -0.39 is 0 Å². The molecule has 0 saturated carbocycles. The molecule has 3 rings (SSSR count). The first-order chi connectivity index (χ1) is 13.6. The fraction of sp³-hybridized carbons (Fsp3) is 0.273. The first-order valence-electron chi connectivity index (χ1n) is 9.34. The summed E-state index contributed by atoms with van der Waals surface area (Å²) in [5.74, 6) is 2.46. The summed E-state index contributed by atoms with van der Waals surface area (Å²) in [7, 11) is 0. The van der Waals surface area contributed by atoms with Gasteiger partial charge in [-0.3, -0.25) is 4.79 Å². The first kappa shape index (κ1) is 20.3. The molecule has 0 fully saturated rings. The van der Waals surface area contributed by atoms with Gasteiger partial charge in [-0.25, -0.2) is 9.98 Å². The second kappa shape index (κ2) is 9.70. The van der Waals surface area contributed by atoms with Crippen molar-refractivity contribution >= 4 is 46.4 Å². The van der Waals surface area contributed by atoms with Crippen LogP contribution < -0.4 is 5.32 Å². The molecule has 0 aromatic heterocycles. The van der Waals surface area contributed by atoms with Crippen LogP contribution in [0.15, 0.2) is 58.1 Å². The number of hydrogen-bond donors (Lipinski definition) is 1. The zero-order valence-corrected chi connectivity index (χ0v) is 17.1. The van der Waals surface area contributed by atoms with Crippen molar-refractivity contribution in [2.45, 2.75) is 32.6 Å². The Morgan fingerprint density at radius 1 is 1.07 bits per heavy atom. The third-order valence-corrected chi connectivity index (χ3v) is 4.93. The number of amides is 1. The lowest BCUT2D eigenvalue weighted by Crippen LogP contribution is -2.12. The van der Waals surface area contributed by atoms with E-state index in [0.29, 0.717) is 39.1 Å². The van der Waals surface area contributed by atoms with Crippen molar-refractivity contribution in [3.05, 3.63) is 69.3 Å². The number of unbranched alkanes of at least 4 members (excludes halogenated alkanes) is 3. The van der Waals surface area contributed by atoms with E-state index in [9.17, 15) is 4.79 Å². The number of halogens is 2. The quantitative estimate of drug-likeness (QED) is 0.356. The van der Waals surface area contributed by atoms with E-state index >= 15 is 0 Å². The molecule has 1 aliphatic heterocycles. The summed E-state index contributed by atoms with van der Waals surface area (Å²) in [6.45, 7) is 2.78. The molecule has 1 N–H and O–H groups in total. The highest BCUT2D eigenvalue weighted by atomic mass is 35.5. The Labute approximate surface area is 175 Å².